The highest BCUT2D eigenvalue weighted by Crippen LogP contribution is 2.30. The standard InChI is InChI=1S/C15H26N4O2/c1-3-8-16-14-13(21-2)15(19-10-18-14)17-9-11-6-4-5-7-12(11)20/h10-12,20H,3-9H2,1-2H3,(H2,16,17,18,19). The van der Waals surface area contributed by atoms with Gasteiger partial charge in [-0.15, -0.1) is 0 Å². The van der Waals surface area contributed by atoms with Crippen molar-refractivity contribution in [1.82, 2.24) is 9.97 Å². The van der Waals surface area contributed by atoms with Crippen molar-refractivity contribution >= 4 is 11.6 Å². The van der Waals surface area contributed by atoms with E-state index in [0.717, 1.165) is 32.2 Å². The summed E-state index contributed by atoms with van der Waals surface area (Å²) < 4.78 is 5.43. The van der Waals surface area contributed by atoms with E-state index in [-0.39, 0.29) is 12.0 Å². The fourth-order valence-corrected chi connectivity index (χ4v) is 2.72. The third-order valence-corrected chi connectivity index (χ3v) is 3.95. The summed E-state index contributed by atoms with van der Waals surface area (Å²) >= 11 is 0. The molecule has 1 aromatic rings. The molecular formula is C15H26N4O2. The maximum atomic E-state index is 10.0. The van der Waals surface area contributed by atoms with Gasteiger partial charge in [-0.1, -0.05) is 19.8 Å². The molecule has 6 heteroatoms. The zero-order chi connectivity index (χ0) is 15.1. The summed E-state index contributed by atoms with van der Waals surface area (Å²) in [4.78, 5) is 8.48. The molecule has 1 fully saturated rings. The Labute approximate surface area is 126 Å². The van der Waals surface area contributed by atoms with Gasteiger partial charge in [-0.3, -0.25) is 0 Å². The first-order valence-electron chi connectivity index (χ1n) is 7.81. The molecule has 0 radical (unpaired) electrons. The first kappa shape index (κ1) is 15.8. The number of rotatable bonds is 7. The van der Waals surface area contributed by atoms with Crippen molar-refractivity contribution in [1.29, 1.82) is 0 Å². The number of hydrogen-bond acceptors (Lipinski definition) is 6. The summed E-state index contributed by atoms with van der Waals surface area (Å²) in [5.74, 6) is 2.31. The Morgan fingerprint density at radius 2 is 1.95 bits per heavy atom. The van der Waals surface area contributed by atoms with E-state index >= 15 is 0 Å². The molecule has 21 heavy (non-hydrogen) atoms. The fraction of sp³-hybridized carbons (Fsp3) is 0.733. The Bertz CT molecular complexity index is 442. The lowest BCUT2D eigenvalue weighted by Gasteiger charge is -2.28. The Morgan fingerprint density at radius 1 is 1.24 bits per heavy atom. The number of ether oxygens (including phenoxy) is 1. The minimum atomic E-state index is -0.211. The molecule has 1 saturated carbocycles. The van der Waals surface area contributed by atoms with Crippen molar-refractivity contribution in [3.8, 4) is 5.75 Å². The smallest absolute Gasteiger partial charge is 0.204 e. The number of hydrogen-bond donors (Lipinski definition) is 3. The molecule has 3 N–H and O–H groups in total. The molecule has 0 aliphatic heterocycles. The van der Waals surface area contributed by atoms with Crippen molar-refractivity contribution in [2.24, 2.45) is 5.92 Å². The second-order valence-corrected chi connectivity index (χ2v) is 5.52. The van der Waals surface area contributed by atoms with Crippen LogP contribution in [0, 0.1) is 5.92 Å². The van der Waals surface area contributed by atoms with Crippen LogP contribution < -0.4 is 15.4 Å². The summed E-state index contributed by atoms with van der Waals surface area (Å²) in [6.07, 6.45) is 6.60. The van der Waals surface area contributed by atoms with Crippen LogP contribution in [0.5, 0.6) is 5.75 Å². The van der Waals surface area contributed by atoms with E-state index in [1.165, 1.54) is 12.7 Å². The van der Waals surface area contributed by atoms with Crippen LogP contribution in [0.3, 0.4) is 0 Å². The fourth-order valence-electron chi connectivity index (χ4n) is 2.72. The second kappa shape index (κ2) is 8.02. The highest BCUT2D eigenvalue weighted by molar-refractivity contribution is 5.63. The molecule has 0 saturated heterocycles. The maximum Gasteiger partial charge on any atom is 0.204 e. The maximum absolute atomic E-state index is 10.0. The Balaban J connectivity index is 2.01. The van der Waals surface area contributed by atoms with E-state index in [2.05, 4.69) is 27.5 Å². The van der Waals surface area contributed by atoms with E-state index in [1.54, 1.807) is 7.11 Å². The number of anilines is 2. The van der Waals surface area contributed by atoms with Gasteiger partial charge in [0.1, 0.15) is 6.33 Å². The second-order valence-electron chi connectivity index (χ2n) is 5.52. The van der Waals surface area contributed by atoms with Crippen LogP contribution in [0.1, 0.15) is 39.0 Å². The minimum absolute atomic E-state index is 0.211. The van der Waals surface area contributed by atoms with Crippen LogP contribution in [0.25, 0.3) is 0 Å². The molecule has 0 bridgehead atoms. The van der Waals surface area contributed by atoms with Crippen LogP contribution in [-0.4, -0.2) is 41.4 Å². The summed E-state index contributed by atoms with van der Waals surface area (Å²) in [5, 5.41) is 16.6. The van der Waals surface area contributed by atoms with Crippen LogP contribution in [0.4, 0.5) is 11.6 Å². The van der Waals surface area contributed by atoms with Gasteiger partial charge in [-0.05, 0) is 19.3 Å². The van der Waals surface area contributed by atoms with Crippen molar-refractivity contribution < 1.29 is 9.84 Å². The van der Waals surface area contributed by atoms with Crippen molar-refractivity contribution in [3.05, 3.63) is 6.33 Å². The molecule has 118 valence electrons. The average molecular weight is 294 g/mol. The highest BCUT2D eigenvalue weighted by atomic mass is 16.5. The molecule has 1 aliphatic rings. The number of methoxy groups -OCH3 is 1. The number of aromatic nitrogens is 2. The largest absolute Gasteiger partial charge is 0.490 e. The van der Waals surface area contributed by atoms with Crippen LogP contribution >= 0.6 is 0 Å². The summed E-state index contributed by atoms with van der Waals surface area (Å²) in [5.41, 5.74) is 0. The lowest BCUT2D eigenvalue weighted by Crippen LogP contribution is -2.30. The van der Waals surface area contributed by atoms with Gasteiger partial charge in [0.15, 0.2) is 11.6 Å². The number of nitrogens with zero attached hydrogens (tertiary/aromatic N) is 2. The predicted molar refractivity (Wildman–Crippen MR) is 83.8 cm³/mol. The average Bonchev–Trinajstić information content (AvgIpc) is 2.52. The zero-order valence-electron chi connectivity index (χ0n) is 12.9. The lowest BCUT2D eigenvalue weighted by atomic mass is 9.86. The van der Waals surface area contributed by atoms with Crippen molar-refractivity contribution in [2.75, 3.05) is 30.8 Å². The van der Waals surface area contributed by atoms with E-state index in [9.17, 15) is 5.11 Å². The molecule has 1 aromatic heterocycles. The minimum Gasteiger partial charge on any atom is -0.490 e. The summed E-state index contributed by atoms with van der Waals surface area (Å²) in [7, 11) is 1.62. The van der Waals surface area contributed by atoms with Gasteiger partial charge in [0, 0.05) is 19.0 Å². The SMILES string of the molecule is CCCNc1ncnc(NCC2CCCCC2O)c1OC. The molecule has 2 unspecified atom stereocenters. The molecule has 0 amide bonds. The van der Waals surface area contributed by atoms with Gasteiger partial charge in [0.2, 0.25) is 5.75 Å². The molecule has 2 rings (SSSR count). The first-order valence-corrected chi connectivity index (χ1v) is 7.81. The third kappa shape index (κ3) is 4.20. The topological polar surface area (TPSA) is 79.3 Å². The van der Waals surface area contributed by atoms with Crippen LogP contribution in [-0.2, 0) is 0 Å². The Morgan fingerprint density at radius 3 is 2.62 bits per heavy atom. The van der Waals surface area contributed by atoms with Crippen LogP contribution in [0.2, 0.25) is 0 Å². The van der Waals surface area contributed by atoms with E-state index in [0.29, 0.717) is 23.9 Å². The quantitative estimate of drug-likeness (QED) is 0.716. The molecule has 2 atom stereocenters. The lowest BCUT2D eigenvalue weighted by molar-refractivity contribution is 0.0762. The van der Waals surface area contributed by atoms with Gasteiger partial charge in [-0.2, -0.15) is 0 Å². The zero-order valence-corrected chi connectivity index (χ0v) is 12.9. The molecule has 1 heterocycles. The summed E-state index contributed by atoms with van der Waals surface area (Å²) in [6, 6.07) is 0. The Kier molecular flexibility index (Phi) is 6.04. The molecular weight excluding hydrogens is 268 g/mol. The van der Waals surface area contributed by atoms with Crippen molar-refractivity contribution in [3.63, 3.8) is 0 Å². The van der Waals surface area contributed by atoms with E-state index < -0.39 is 0 Å². The van der Waals surface area contributed by atoms with Crippen molar-refractivity contribution in [2.45, 2.75) is 45.1 Å². The monoisotopic (exact) mass is 294 g/mol. The van der Waals surface area contributed by atoms with E-state index in [4.69, 9.17) is 4.74 Å². The first-order chi connectivity index (χ1) is 10.3. The molecule has 0 aromatic carbocycles. The third-order valence-electron chi connectivity index (χ3n) is 3.95. The van der Waals surface area contributed by atoms with Gasteiger partial charge in [-0.25, -0.2) is 9.97 Å². The highest BCUT2D eigenvalue weighted by Gasteiger charge is 2.23. The predicted octanol–water partition coefficient (Wildman–Crippen LogP) is 2.27. The van der Waals surface area contributed by atoms with Gasteiger partial charge < -0.3 is 20.5 Å². The molecule has 6 nitrogen and oxygen atoms in total. The van der Waals surface area contributed by atoms with Gasteiger partial charge in [0.25, 0.3) is 0 Å². The Hall–Kier alpha value is -1.56. The summed E-state index contributed by atoms with van der Waals surface area (Å²) in [6.45, 7) is 3.65. The number of aliphatic hydroxyl groups excluding tert-OH is 1. The van der Waals surface area contributed by atoms with Gasteiger partial charge >= 0.3 is 0 Å². The van der Waals surface area contributed by atoms with E-state index in [1.807, 2.05) is 0 Å². The van der Waals surface area contributed by atoms with Crippen LogP contribution in [0.15, 0.2) is 6.33 Å². The number of aliphatic hydroxyl groups is 1. The molecule has 0 spiro atoms. The normalized spacial score (nSPS) is 21.9. The molecule has 1 aliphatic carbocycles. The number of nitrogens with one attached hydrogen (secondary N) is 2. The van der Waals surface area contributed by atoms with Gasteiger partial charge in [0.05, 0.1) is 13.2 Å².